The Morgan fingerprint density at radius 2 is 1.68 bits per heavy atom. The number of alkyl halides is 3. The molecule has 0 aliphatic heterocycles. The molecule has 3 N–H and O–H groups in total. The third kappa shape index (κ3) is 3.79. The maximum Gasteiger partial charge on any atom is 0.416 e. The quantitative estimate of drug-likeness (QED) is 0.615. The van der Waals surface area contributed by atoms with Gasteiger partial charge in [0.2, 0.25) is 0 Å². The molecule has 3 rings (SSSR count). The Kier molecular flexibility index (Phi) is 4.18. The molecule has 8 heteroatoms. The molecule has 0 aliphatic carbocycles. The molecule has 2 aromatic carbocycles. The van der Waals surface area contributed by atoms with Crippen LogP contribution in [0.3, 0.4) is 0 Å². The highest BCUT2D eigenvalue weighted by Crippen LogP contribution is 2.32. The van der Waals surface area contributed by atoms with Gasteiger partial charge in [0.25, 0.3) is 0 Å². The first-order chi connectivity index (χ1) is 11.8. The number of nitrogens with zero attached hydrogens (tertiary/aromatic N) is 2. The van der Waals surface area contributed by atoms with Gasteiger partial charge in [0.05, 0.1) is 11.3 Å². The van der Waals surface area contributed by atoms with Crippen LogP contribution < -0.4 is 5.32 Å². The van der Waals surface area contributed by atoms with Crippen molar-refractivity contribution < 1.29 is 23.4 Å². The summed E-state index contributed by atoms with van der Waals surface area (Å²) in [5, 5.41) is 21.7. The van der Waals surface area contributed by atoms with Crippen molar-refractivity contribution in [2.24, 2.45) is 0 Å². The van der Waals surface area contributed by atoms with Crippen molar-refractivity contribution in [3.63, 3.8) is 0 Å². The van der Waals surface area contributed by atoms with E-state index in [2.05, 4.69) is 15.3 Å². The summed E-state index contributed by atoms with van der Waals surface area (Å²) in [5.41, 5.74) is 0.410. The molecule has 25 heavy (non-hydrogen) atoms. The van der Waals surface area contributed by atoms with E-state index in [-0.39, 0.29) is 23.0 Å². The van der Waals surface area contributed by atoms with Crippen LogP contribution in [-0.2, 0) is 6.18 Å². The Balaban J connectivity index is 1.88. The number of benzene rings is 2. The van der Waals surface area contributed by atoms with Crippen LogP contribution in [0.5, 0.6) is 11.5 Å². The third-order valence-electron chi connectivity index (χ3n) is 3.40. The van der Waals surface area contributed by atoms with Gasteiger partial charge in [-0.15, -0.1) is 0 Å². The van der Waals surface area contributed by atoms with E-state index in [1.165, 1.54) is 36.7 Å². The first-order valence-electron chi connectivity index (χ1n) is 7.11. The van der Waals surface area contributed by atoms with E-state index >= 15 is 0 Å². The molecular weight excluding hydrogens is 335 g/mol. The van der Waals surface area contributed by atoms with Crippen molar-refractivity contribution >= 4 is 11.5 Å². The monoisotopic (exact) mass is 347 g/mol. The van der Waals surface area contributed by atoms with Crippen LogP contribution >= 0.6 is 0 Å². The van der Waals surface area contributed by atoms with Gasteiger partial charge in [0, 0.05) is 17.3 Å². The van der Waals surface area contributed by atoms with E-state index in [0.717, 1.165) is 12.1 Å². The topological polar surface area (TPSA) is 78.3 Å². The van der Waals surface area contributed by atoms with Gasteiger partial charge in [-0.2, -0.15) is 13.2 Å². The lowest BCUT2D eigenvalue weighted by Crippen LogP contribution is -2.05. The Morgan fingerprint density at radius 1 is 0.880 bits per heavy atom. The summed E-state index contributed by atoms with van der Waals surface area (Å²) in [6.45, 7) is 0. The summed E-state index contributed by atoms with van der Waals surface area (Å²) < 4.78 is 38.3. The smallest absolute Gasteiger partial charge is 0.416 e. The highest BCUT2D eigenvalue weighted by molar-refractivity contribution is 5.67. The van der Waals surface area contributed by atoms with E-state index in [1.54, 1.807) is 6.07 Å². The number of phenols is 2. The molecule has 0 aliphatic rings. The second-order valence-electron chi connectivity index (χ2n) is 5.20. The van der Waals surface area contributed by atoms with Gasteiger partial charge in [0.1, 0.15) is 12.1 Å². The highest BCUT2D eigenvalue weighted by atomic mass is 19.4. The summed E-state index contributed by atoms with van der Waals surface area (Å²) >= 11 is 0. The molecule has 0 bridgehead atoms. The maximum atomic E-state index is 12.8. The average Bonchev–Trinajstić information content (AvgIpc) is 2.57. The number of aromatic nitrogens is 2. The van der Waals surface area contributed by atoms with Crippen LogP contribution in [0.15, 0.2) is 54.9 Å². The molecule has 0 unspecified atom stereocenters. The number of aromatic hydroxyl groups is 2. The van der Waals surface area contributed by atoms with Crippen molar-refractivity contribution in [2.75, 3.05) is 5.32 Å². The second-order valence-corrected chi connectivity index (χ2v) is 5.20. The number of anilines is 2. The molecular formula is C17H12F3N3O2. The van der Waals surface area contributed by atoms with Crippen LogP contribution in [0.2, 0.25) is 0 Å². The number of rotatable bonds is 3. The SMILES string of the molecule is Oc1ccc(-c2cc(Nc3cccc(C(F)(F)F)c3)ncn2)cc1O. The molecule has 0 atom stereocenters. The predicted molar refractivity (Wildman–Crippen MR) is 85.5 cm³/mol. The molecule has 1 aromatic heterocycles. The zero-order valence-electron chi connectivity index (χ0n) is 12.6. The number of hydrogen-bond donors (Lipinski definition) is 3. The average molecular weight is 347 g/mol. The molecule has 0 saturated heterocycles. The van der Waals surface area contributed by atoms with E-state index in [1.807, 2.05) is 0 Å². The van der Waals surface area contributed by atoms with Crippen LogP contribution in [-0.4, -0.2) is 20.2 Å². The highest BCUT2D eigenvalue weighted by Gasteiger charge is 2.30. The number of nitrogens with one attached hydrogen (secondary N) is 1. The molecule has 0 amide bonds. The third-order valence-corrected chi connectivity index (χ3v) is 3.40. The van der Waals surface area contributed by atoms with Gasteiger partial charge >= 0.3 is 6.18 Å². The summed E-state index contributed by atoms with van der Waals surface area (Å²) in [4.78, 5) is 8.03. The lowest BCUT2D eigenvalue weighted by atomic mass is 10.1. The van der Waals surface area contributed by atoms with Gasteiger partial charge in [-0.25, -0.2) is 9.97 Å². The van der Waals surface area contributed by atoms with Gasteiger partial charge < -0.3 is 15.5 Å². The van der Waals surface area contributed by atoms with Gasteiger partial charge in [-0.3, -0.25) is 0 Å². The Labute approximate surface area is 140 Å². The van der Waals surface area contributed by atoms with E-state index in [9.17, 15) is 23.4 Å². The van der Waals surface area contributed by atoms with Crippen LogP contribution in [0.1, 0.15) is 5.56 Å². The van der Waals surface area contributed by atoms with Gasteiger partial charge in [-0.1, -0.05) is 6.07 Å². The first-order valence-corrected chi connectivity index (χ1v) is 7.11. The minimum atomic E-state index is -4.43. The molecule has 0 spiro atoms. The fourth-order valence-electron chi connectivity index (χ4n) is 2.19. The van der Waals surface area contributed by atoms with E-state index in [4.69, 9.17) is 0 Å². The standard InChI is InChI=1S/C17H12F3N3O2/c18-17(19,20)11-2-1-3-12(7-11)23-16-8-13(21-9-22-16)10-4-5-14(24)15(25)6-10/h1-9,24-25H,(H,21,22,23). The summed E-state index contributed by atoms with van der Waals surface area (Å²) in [6.07, 6.45) is -3.19. The minimum Gasteiger partial charge on any atom is -0.504 e. The molecule has 128 valence electrons. The second kappa shape index (κ2) is 6.31. The summed E-state index contributed by atoms with van der Waals surface area (Å²) in [7, 11) is 0. The molecule has 0 saturated carbocycles. The Hall–Kier alpha value is -3.29. The fraction of sp³-hybridized carbons (Fsp3) is 0.0588. The number of phenolic OH excluding ortho intramolecular Hbond substituents is 2. The first kappa shape index (κ1) is 16.6. The van der Waals surface area contributed by atoms with Crippen molar-refractivity contribution in [2.45, 2.75) is 6.18 Å². The molecule has 1 heterocycles. The molecule has 0 radical (unpaired) electrons. The Morgan fingerprint density at radius 3 is 2.40 bits per heavy atom. The van der Waals surface area contributed by atoms with Crippen molar-refractivity contribution in [3.8, 4) is 22.8 Å². The zero-order chi connectivity index (χ0) is 18.0. The minimum absolute atomic E-state index is 0.230. The van der Waals surface area contributed by atoms with Crippen LogP contribution in [0.25, 0.3) is 11.3 Å². The maximum absolute atomic E-state index is 12.8. The lowest BCUT2D eigenvalue weighted by molar-refractivity contribution is -0.137. The summed E-state index contributed by atoms with van der Waals surface area (Å²) in [5.74, 6) is -0.277. The van der Waals surface area contributed by atoms with Gasteiger partial charge in [-0.05, 0) is 36.4 Å². The van der Waals surface area contributed by atoms with E-state index < -0.39 is 11.7 Å². The van der Waals surface area contributed by atoms with Crippen molar-refractivity contribution in [1.29, 1.82) is 0 Å². The number of hydrogen-bond acceptors (Lipinski definition) is 5. The molecule has 5 nitrogen and oxygen atoms in total. The fourth-order valence-corrected chi connectivity index (χ4v) is 2.19. The Bertz CT molecular complexity index is 914. The molecule has 0 fully saturated rings. The number of halogens is 3. The lowest BCUT2D eigenvalue weighted by Gasteiger charge is -2.11. The van der Waals surface area contributed by atoms with Crippen LogP contribution in [0, 0.1) is 0 Å². The van der Waals surface area contributed by atoms with E-state index in [0.29, 0.717) is 11.3 Å². The van der Waals surface area contributed by atoms with Crippen molar-refractivity contribution in [1.82, 2.24) is 9.97 Å². The van der Waals surface area contributed by atoms with Gasteiger partial charge in [0.15, 0.2) is 11.5 Å². The predicted octanol–water partition coefficient (Wildman–Crippen LogP) is 4.32. The van der Waals surface area contributed by atoms with Crippen LogP contribution in [0.4, 0.5) is 24.7 Å². The molecule has 3 aromatic rings. The zero-order valence-corrected chi connectivity index (χ0v) is 12.6. The van der Waals surface area contributed by atoms with Crippen molar-refractivity contribution in [3.05, 3.63) is 60.4 Å². The normalized spacial score (nSPS) is 11.3. The largest absolute Gasteiger partial charge is 0.504 e. The summed E-state index contributed by atoms with van der Waals surface area (Å²) in [6, 6.07) is 10.5.